The quantitative estimate of drug-likeness (QED) is 0.776. The molecule has 0 aliphatic rings. The van der Waals surface area contributed by atoms with E-state index >= 15 is 0 Å². The number of hydrogen-bond acceptors (Lipinski definition) is 4. The van der Waals surface area contributed by atoms with Crippen molar-refractivity contribution in [3.8, 4) is 0 Å². The molecule has 0 amide bonds. The fourth-order valence-corrected chi connectivity index (χ4v) is 3.12. The minimum absolute atomic E-state index is 0.162. The van der Waals surface area contributed by atoms with Gasteiger partial charge in [0.2, 0.25) is 0 Å². The lowest BCUT2D eigenvalue weighted by Gasteiger charge is -2.17. The van der Waals surface area contributed by atoms with Crippen molar-refractivity contribution in [1.82, 2.24) is 4.98 Å². The molecule has 0 saturated heterocycles. The SMILES string of the molecule is CN(CCO)c1ccc(/C=C/c2nc3ccccc3s2)cc1. The smallest absolute Gasteiger partial charge is 0.117 e. The minimum Gasteiger partial charge on any atom is -0.395 e. The highest BCUT2D eigenvalue weighted by atomic mass is 32.1. The number of anilines is 1. The Hall–Kier alpha value is -2.17. The molecule has 0 fully saturated rings. The molecule has 3 rings (SSSR count). The molecule has 2 aromatic carbocycles. The van der Waals surface area contributed by atoms with E-state index in [2.05, 4.69) is 47.5 Å². The molecule has 0 bridgehead atoms. The van der Waals surface area contributed by atoms with Crippen molar-refractivity contribution < 1.29 is 5.11 Å². The Morgan fingerprint density at radius 1 is 1.09 bits per heavy atom. The molecule has 0 saturated carbocycles. The molecule has 1 heterocycles. The first kappa shape index (κ1) is 14.8. The number of likely N-dealkylation sites (N-methyl/N-ethyl adjacent to an activating group) is 1. The number of fused-ring (bicyclic) bond motifs is 1. The lowest BCUT2D eigenvalue weighted by Crippen LogP contribution is -2.20. The van der Waals surface area contributed by atoms with Crippen LogP contribution in [0.4, 0.5) is 5.69 Å². The van der Waals surface area contributed by atoms with E-state index in [-0.39, 0.29) is 6.61 Å². The molecular weight excluding hydrogens is 292 g/mol. The fraction of sp³-hybridized carbons (Fsp3) is 0.167. The van der Waals surface area contributed by atoms with Crippen LogP contribution in [0.2, 0.25) is 0 Å². The van der Waals surface area contributed by atoms with Gasteiger partial charge in [-0.25, -0.2) is 4.98 Å². The van der Waals surface area contributed by atoms with E-state index in [1.54, 1.807) is 11.3 Å². The van der Waals surface area contributed by atoms with Crippen LogP contribution in [-0.2, 0) is 0 Å². The molecule has 22 heavy (non-hydrogen) atoms. The summed E-state index contributed by atoms with van der Waals surface area (Å²) in [5, 5.41) is 9.98. The van der Waals surface area contributed by atoms with Gasteiger partial charge in [0.15, 0.2) is 0 Å². The number of benzene rings is 2. The van der Waals surface area contributed by atoms with Gasteiger partial charge in [0.05, 0.1) is 16.8 Å². The third-order valence-electron chi connectivity index (χ3n) is 3.50. The van der Waals surface area contributed by atoms with Gasteiger partial charge >= 0.3 is 0 Å². The number of rotatable bonds is 5. The van der Waals surface area contributed by atoms with Gasteiger partial charge < -0.3 is 10.0 Å². The maximum Gasteiger partial charge on any atom is 0.117 e. The average molecular weight is 310 g/mol. The zero-order chi connectivity index (χ0) is 15.4. The number of nitrogens with zero attached hydrogens (tertiary/aromatic N) is 2. The van der Waals surface area contributed by atoms with E-state index in [0.717, 1.165) is 21.8 Å². The topological polar surface area (TPSA) is 36.4 Å². The Kier molecular flexibility index (Phi) is 4.51. The Balaban J connectivity index is 1.74. The van der Waals surface area contributed by atoms with Crippen LogP contribution in [0.5, 0.6) is 0 Å². The molecule has 1 N–H and O–H groups in total. The molecule has 0 atom stereocenters. The third kappa shape index (κ3) is 3.35. The second-order valence-corrected chi connectivity index (χ2v) is 6.15. The van der Waals surface area contributed by atoms with E-state index in [0.29, 0.717) is 6.54 Å². The predicted octanol–water partition coefficient (Wildman–Crippen LogP) is 3.90. The fourth-order valence-electron chi connectivity index (χ4n) is 2.25. The summed E-state index contributed by atoms with van der Waals surface area (Å²) in [5.74, 6) is 0. The molecule has 4 heteroatoms. The summed E-state index contributed by atoms with van der Waals surface area (Å²) in [6, 6.07) is 16.5. The molecule has 1 aromatic heterocycles. The molecule has 0 unspecified atom stereocenters. The van der Waals surface area contributed by atoms with Crippen molar-refractivity contribution in [2.24, 2.45) is 0 Å². The summed E-state index contributed by atoms with van der Waals surface area (Å²) in [6.45, 7) is 0.802. The zero-order valence-electron chi connectivity index (χ0n) is 12.4. The summed E-state index contributed by atoms with van der Waals surface area (Å²) < 4.78 is 1.21. The van der Waals surface area contributed by atoms with Crippen molar-refractivity contribution in [3.05, 3.63) is 59.1 Å². The van der Waals surface area contributed by atoms with Crippen LogP contribution >= 0.6 is 11.3 Å². The Bertz CT molecular complexity index is 744. The van der Waals surface area contributed by atoms with Crippen LogP contribution in [0, 0.1) is 0 Å². The molecule has 0 aliphatic heterocycles. The highest BCUT2D eigenvalue weighted by Gasteiger charge is 2.01. The van der Waals surface area contributed by atoms with Crippen molar-refractivity contribution in [3.63, 3.8) is 0 Å². The van der Waals surface area contributed by atoms with E-state index in [1.165, 1.54) is 4.70 Å². The van der Waals surface area contributed by atoms with Crippen LogP contribution in [0.15, 0.2) is 48.5 Å². The highest BCUT2D eigenvalue weighted by Crippen LogP contribution is 2.23. The largest absolute Gasteiger partial charge is 0.395 e. The van der Waals surface area contributed by atoms with Gasteiger partial charge in [-0.2, -0.15) is 0 Å². The normalized spacial score (nSPS) is 11.4. The number of aliphatic hydroxyl groups excluding tert-OH is 1. The molecule has 112 valence electrons. The van der Waals surface area contributed by atoms with Crippen LogP contribution < -0.4 is 4.90 Å². The minimum atomic E-state index is 0.162. The summed E-state index contributed by atoms with van der Waals surface area (Å²) >= 11 is 1.70. The molecule has 3 aromatic rings. The lowest BCUT2D eigenvalue weighted by molar-refractivity contribution is 0.304. The van der Waals surface area contributed by atoms with Gasteiger partial charge in [0.25, 0.3) is 0 Å². The summed E-state index contributed by atoms with van der Waals surface area (Å²) in [4.78, 5) is 6.62. The van der Waals surface area contributed by atoms with Gasteiger partial charge in [-0.05, 0) is 35.9 Å². The first-order valence-electron chi connectivity index (χ1n) is 7.22. The van der Waals surface area contributed by atoms with Crippen LogP contribution in [0.1, 0.15) is 10.6 Å². The number of para-hydroxylation sites is 1. The van der Waals surface area contributed by atoms with E-state index in [1.807, 2.05) is 30.1 Å². The van der Waals surface area contributed by atoms with Crippen molar-refractivity contribution in [2.45, 2.75) is 0 Å². The summed E-state index contributed by atoms with van der Waals surface area (Å²) in [6.07, 6.45) is 4.13. The van der Waals surface area contributed by atoms with Crippen LogP contribution in [0.25, 0.3) is 22.4 Å². The number of aromatic nitrogens is 1. The second kappa shape index (κ2) is 6.73. The third-order valence-corrected chi connectivity index (χ3v) is 4.50. The van der Waals surface area contributed by atoms with E-state index in [4.69, 9.17) is 5.11 Å². The highest BCUT2D eigenvalue weighted by molar-refractivity contribution is 7.19. The van der Waals surface area contributed by atoms with Crippen LogP contribution in [-0.4, -0.2) is 30.3 Å². The summed E-state index contributed by atoms with van der Waals surface area (Å²) in [7, 11) is 1.97. The standard InChI is InChI=1S/C18H18N2OS/c1-20(12-13-21)15-9-6-14(7-10-15)8-11-18-19-16-4-2-3-5-17(16)22-18/h2-11,21H,12-13H2,1H3/b11-8+. The monoisotopic (exact) mass is 310 g/mol. The van der Waals surface area contributed by atoms with Gasteiger partial charge in [0.1, 0.15) is 5.01 Å². The zero-order valence-corrected chi connectivity index (χ0v) is 13.3. The number of aliphatic hydroxyl groups is 1. The van der Waals surface area contributed by atoms with Gasteiger partial charge in [-0.1, -0.05) is 30.3 Å². The van der Waals surface area contributed by atoms with Gasteiger partial charge in [-0.15, -0.1) is 11.3 Å². The number of thiazole rings is 1. The Labute approximate surface area is 134 Å². The molecule has 0 aliphatic carbocycles. The molecular formula is C18H18N2OS. The maximum atomic E-state index is 8.96. The van der Waals surface area contributed by atoms with E-state index in [9.17, 15) is 0 Å². The van der Waals surface area contributed by atoms with Crippen molar-refractivity contribution >= 4 is 39.4 Å². The first-order valence-corrected chi connectivity index (χ1v) is 8.03. The molecule has 3 nitrogen and oxygen atoms in total. The van der Waals surface area contributed by atoms with Crippen molar-refractivity contribution in [2.75, 3.05) is 25.1 Å². The Morgan fingerprint density at radius 2 is 1.86 bits per heavy atom. The van der Waals surface area contributed by atoms with Gasteiger partial charge in [-0.3, -0.25) is 0 Å². The first-order chi connectivity index (χ1) is 10.8. The Morgan fingerprint density at radius 3 is 2.59 bits per heavy atom. The number of hydrogen-bond donors (Lipinski definition) is 1. The lowest BCUT2D eigenvalue weighted by atomic mass is 10.2. The molecule has 0 spiro atoms. The van der Waals surface area contributed by atoms with Gasteiger partial charge in [0, 0.05) is 19.3 Å². The summed E-state index contributed by atoms with van der Waals surface area (Å²) in [5.41, 5.74) is 3.29. The van der Waals surface area contributed by atoms with Crippen molar-refractivity contribution in [1.29, 1.82) is 0 Å². The second-order valence-electron chi connectivity index (χ2n) is 5.09. The predicted molar refractivity (Wildman–Crippen MR) is 95.3 cm³/mol. The average Bonchev–Trinajstić information content (AvgIpc) is 2.96. The van der Waals surface area contributed by atoms with E-state index < -0.39 is 0 Å². The maximum absolute atomic E-state index is 8.96. The molecule has 0 radical (unpaired) electrons. The van der Waals surface area contributed by atoms with Crippen LogP contribution in [0.3, 0.4) is 0 Å².